The summed E-state index contributed by atoms with van der Waals surface area (Å²) in [7, 11) is -3.73. The van der Waals surface area contributed by atoms with Crippen molar-refractivity contribution in [2.75, 3.05) is 17.8 Å². The summed E-state index contributed by atoms with van der Waals surface area (Å²) in [5.41, 5.74) is 1.87. The van der Waals surface area contributed by atoms with Gasteiger partial charge in [0.25, 0.3) is 15.9 Å². The molecule has 0 radical (unpaired) electrons. The largest absolute Gasteiger partial charge is 0.356 e. The Kier molecular flexibility index (Phi) is 4.62. The molecule has 0 unspecified atom stereocenters. The summed E-state index contributed by atoms with van der Waals surface area (Å²) < 4.78 is 27.6. The molecule has 0 bridgehead atoms. The second kappa shape index (κ2) is 6.68. The van der Waals surface area contributed by atoms with Crippen LogP contribution in [0.4, 0.5) is 5.69 Å². The first kappa shape index (κ1) is 16.6. The molecule has 128 valence electrons. The van der Waals surface area contributed by atoms with Gasteiger partial charge in [0.1, 0.15) is 10.6 Å². The highest BCUT2D eigenvalue weighted by molar-refractivity contribution is 7.92. The minimum absolute atomic E-state index is 0.0620. The smallest absolute Gasteiger partial charge is 0.270 e. The lowest BCUT2D eigenvalue weighted by atomic mass is 10.1. The number of amides is 1. The fraction of sp³-hybridized carbons (Fsp3) is 0.353. The van der Waals surface area contributed by atoms with Crippen molar-refractivity contribution in [2.24, 2.45) is 0 Å². The Labute approximate surface area is 141 Å². The van der Waals surface area contributed by atoms with Crippen molar-refractivity contribution in [1.82, 2.24) is 9.88 Å². The summed E-state index contributed by atoms with van der Waals surface area (Å²) in [5.74, 6) is -0.151. The van der Waals surface area contributed by atoms with Crippen LogP contribution < -0.4 is 4.72 Å². The van der Waals surface area contributed by atoms with Crippen LogP contribution >= 0.6 is 0 Å². The van der Waals surface area contributed by atoms with Gasteiger partial charge in [0, 0.05) is 25.0 Å². The third-order valence-electron chi connectivity index (χ3n) is 4.18. The van der Waals surface area contributed by atoms with Crippen molar-refractivity contribution >= 4 is 21.6 Å². The number of aromatic nitrogens is 1. The summed E-state index contributed by atoms with van der Waals surface area (Å²) in [4.78, 5) is 16.9. The Morgan fingerprint density at radius 1 is 1.25 bits per heavy atom. The minimum Gasteiger partial charge on any atom is -0.356 e. The zero-order chi connectivity index (χ0) is 17.2. The Morgan fingerprint density at radius 2 is 2.00 bits per heavy atom. The molecule has 2 aromatic rings. The molecule has 0 atom stereocenters. The number of rotatable bonds is 5. The van der Waals surface area contributed by atoms with Crippen LogP contribution in [0.25, 0.3) is 0 Å². The number of nitrogens with zero attached hydrogens (tertiary/aromatic N) is 1. The molecule has 7 heteroatoms. The molecule has 1 aromatic carbocycles. The Balaban J connectivity index is 1.78. The number of benzene rings is 1. The zero-order valence-corrected chi connectivity index (χ0v) is 14.4. The molecular weight excluding hydrogens is 326 g/mol. The van der Waals surface area contributed by atoms with E-state index in [2.05, 4.69) is 9.71 Å². The fourth-order valence-corrected chi connectivity index (χ4v) is 3.85. The summed E-state index contributed by atoms with van der Waals surface area (Å²) in [6, 6.07) is 8.67. The standard InChI is InChI=1S/C17H21N3O3S/c1-2-13-6-5-7-14(10-13)19-24(22,23)15-11-16(18-12-15)17(21)20-8-3-4-9-20/h5-7,10-12,18-19H,2-4,8-9H2,1H3. The molecular formula is C17H21N3O3S. The Morgan fingerprint density at radius 3 is 2.71 bits per heavy atom. The Bertz CT molecular complexity index is 836. The van der Waals surface area contributed by atoms with E-state index in [1.54, 1.807) is 17.0 Å². The monoisotopic (exact) mass is 347 g/mol. The van der Waals surface area contributed by atoms with Crippen LogP contribution in [0.5, 0.6) is 0 Å². The summed E-state index contributed by atoms with van der Waals surface area (Å²) >= 11 is 0. The SMILES string of the molecule is CCc1cccc(NS(=O)(=O)c2c[nH]c(C(=O)N3CCCC3)c2)c1. The van der Waals surface area contributed by atoms with Gasteiger partial charge in [-0.25, -0.2) is 8.42 Å². The van der Waals surface area contributed by atoms with Crippen LogP contribution in [0.2, 0.25) is 0 Å². The highest BCUT2D eigenvalue weighted by atomic mass is 32.2. The summed E-state index contributed by atoms with van der Waals surface area (Å²) in [6.45, 7) is 3.46. The van der Waals surface area contributed by atoms with Crippen molar-refractivity contribution < 1.29 is 13.2 Å². The number of carbonyl (C=O) groups excluding carboxylic acids is 1. The maximum absolute atomic E-state index is 12.5. The Hall–Kier alpha value is -2.28. The number of aromatic amines is 1. The van der Waals surface area contributed by atoms with Crippen molar-refractivity contribution in [3.63, 3.8) is 0 Å². The number of sulfonamides is 1. The lowest BCUT2D eigenvalue weighted by Crippen LogP contribution is -2.27. The van der Waals surface area contributed by atoms with Crippen LogP contribution in [0.15, 0.2) is 41.4 Å². The van der Waals surface area contributed by atoms with Gasteiger partial charge in [0.2, 0.25) is 0 Å². The van der Waals surface area contributed by atoms with E-state index in [0.29, 0.717) is 11.4 Å². The maximum Gasteiger partial charge on any atom is 0.270 e. The number of aryl methyl sites for hydroxylation is 1. The van der Waals surface area contributed by atoms with Crippen LogP contribution in [0.3, 0.4) is 0 Å². The van der Waals surface area contributed by atoms with Crippen LogP contribution in [-0.2, 0) is 16.4 Å². The molecule has 3 rings (SSSR count). The van der Waals surface area contributed by atoms with E-state index < -0.39 is 10.0 Å². The molecule has 1 aromatic heterocycles. The topological polar surface area (TPSA) is 82.3 Å². The summed E-state index contributed by atoms with van der Waals surface area (Å²) in [6.07, 6.45) is 4.17. The van der Waals surface area contributed by atoms with Gasteiger partial charge in [-0.05, 0) is 43.0 Å². The second-order valence-electron chi connectivity index (χ2n) is 5.91. The van der Waals surface area contributed by atoms with Gasteiger partial charge < -0.3 is 9.88 Å². The minimum atomic E-state index is -3.73. The van der Waals surface area contributed by atoms with E-state index in [1.807, 2.05) is 19.1 Å². The normalized spacial score (nSPS) is 14.8. The number of anilines is 1. The predicted octanol–water partition coefficient (Wildman–Crippen LogP) is 2.61. The molecule has 1 aliphatic heterocycles. The third-order valence-corrected chi connectivity index (χ3v) is 5.54. The molecule has 0 aliphatic carbocycles. The number of hydrogen-bond donors (Lipinski definition) is 2. The first-order valence-corrected chi connectivity index (χ1v) is 9.57. The molecule has 1 saturated heterocycles. The first-order chi connectivity index (χ1) is 11.5. The highest BCUT2D eigenvalue weighted by Gasteiger charge is 2.23. The molecule has 0 spiro atoms. The van der Waals surface area contributed by atoms with E-state index in [4.69, 9.17) is 0 Å². The number of hydrogen-bond acceptors (Lipinski definition) is 3. The first-order valence-electron chi connectivity index (χ1n) is 8.09. The lowest BCUT2D eigenvalue weighted by Gasteiger charge is -2.13. The van der Waals surface area contributed by atoms with Crippen molar-refractivity contribution in [2.45, 2.75) is 31.1 Å². The molecule has 24 heavy (non-hydrogen) atoms. The van der Waals surface area contributed by atoms with Crippen LogP contribution in [0.1, 0.15) is 35.8 Å². The van der Waals surface area contributed by atoms with E-state index in [-0.39, 0.29) is 10.8 Å². The molecule has 2 heterocycles. The van der Waals surface area contributed by atoms with E-state index in [0.717, 1.165) is 37.9 Å². The predicted molar refractivity (Wildman–Crippen MR) is 92.6 cm³/mol. The molecule has 1 aliphatic rings. The highest BCUT2D eigenvalue weighted by Crippen LogP contribution is 2.20. The fourth-order valence-electron chi connectivity index (χ4n) is 2.81. The van der Waals surface area contributed by atoms with Gasteiger partial charge in [-0.2, -0.15) is 0 Å². The number of nitrogens with one attached hydrogen (secondary N) is 2. The van der Waals surface area contributed by atoms with E-state index in [1.165, 1.54) is 12.3 Å². The van der Waals surface area contributed by atoms with Gasteiger partial charge in [-0.1, -0.05) is 19.1 Å². The number of carbonyl (C=O) groups is 1. The average Bonchev–Trinajstić information content (AvgIpc) is 3.26. The average molecular weight is 347 g/mol. The van der Waals surface area contributed by atoms with Gasteiger partial charge in [0.15, 0.2) is 0 Å². The quantitative estimate of drug-likeness (QED) is 0.872. The summed E-state index contributed by atoms with van der Waals surface area (Å²) in [5, 5.41) is 0. The zero-order valence-electron chi connectivity index (χ0n) is 13.6. The second-order valence-corrected chi connectivity index (χ2v) is 7.59. The molecule has 1 fully saturated rings. The lowest BCUT2D eigenvalue weighted by molar-refractivity contribution is 0.0787. The molecule has 0 saturated carbocycles. The van der Waals surface area contributed by atoms with Gasteiger partial charge in [-0.15, -0.1) is 0 Å². The number of likely N-dealkylation sites (tertiary alicyclic amines) is 1. The molecule has 2 N–H and O–H groups in total. The van der Waals surface area contributed by atoms with Crippen molar-refractivity contribution in [3.05, 3.63) is 47.8 Å². The van der Waals surface area contributed by atoms with Crippen molar-refractivity contribution in [1.29, 1.82) is 0 Å². The van der Waals surface area contributed by atoms with Gasteiger partial charge >= 0.3 is 0 Å². The van der Waals surface area contributed by atoms with Crippen molar-refractivity contribution in [3.8, 4) is 0 Å². The molecule has 1 amide bonds. The van der Waals surface area contributed by atoms with Gasteiger partial charge in [0.05, 0.1) is 0 Å². The van der Waals surface area contributed by atoms with Crippen LogP contribution in [-0.4, -0.2) is 37.3 Å². The van der Waals surface area contributed by atoms with Gasteiger partial charge in [-0.3, -0.25) is 9.52 Å². The third kappa shape index (κ3) is 3.46. The van der Waals surface area contributed by atoms with E-state index in [9.17, 15) is 13.2 Å². The molecule has 6 nitrogen and oxygen atoms in total. The van der Waals surface area contributed by atoms with E-state index >= 15 is 0 Å². The van der Waals surface area contributed by atoms with Crippen LogP contribution in [0, 0.1) is 0 Å². The number of H-pyrrole nitrogens is 1. The maximum atomic E-state index is 12.5.